The summed E-state index contributed by atoms with van der Waals surface area (Å²) in [4.78, 5) is 23.8. The Bertz CT molecular complexity index is 2070. The summed E-state index contributed by atoms with van der Waals surface area (Å²) in [7, 11) is 1.59. The van der Waals surface area contributed by atoms with Crippen LogP contribution in [0.2, 0.25) is 5.02 Å². The van der Waals surface area contributed by atoms with E-state index in [0.29, 0.717) is 34.4 Å². The monoisotopic (exact) mass is 643 g/mol. The van der Waals surface area contributed by atoms with Crippen molar-refractivity contribution in [1.82, 2.24) is 14.9 Å². The fourth-order valence-corrected chi connectivity index (χ4v) is 6.03. The summed E-state index contributed by atoms with van der Waals surface area (Å²) < 4.78 is 59.4. The zero-order valence-corrected chi connectivity index (χ0v) is 25.0. The topological polar surface area (TPSA) is 80.6 Å². The number of alkyl halides is 3. The van der Waals surface area contributed by atoms with E-state index >= 15 is 0 Å². The Hall–Kier alpha value is -5.22. The molecule has 0 aliphatic carbocycles. The molecule has 1 N–H and O–H groups in total. The van der Waals surface area contributed by atoms with E-state index in [2.05, 4.69) is 9.97 Å². The van der Waals surface area contributed by atoms with Crippen molar-refractivity contribution < 1.29 is 31.9 Å². The molecule has 3 aromatic carbocycles. The first-order valence-electron chi connectivity index (χ1n) is 14.4. The number of rotatable bonds is 6. The third kappa shape index (κ3) is 5.34. The predicted octanol–water partition coefficient (Wildman–Crippen LogP) is 9.08. The van der Waals surface area contributed by atoms with Gasteiger partial charge >= 0.3 is 6.18 Å². The number of amides is 1. The van der Waals surface area contributed by atoms with Crippen LogP contribution in [0, 0.1) is 0 Å². The highest BCUT2D eigenvalue weighted by Crippen LogP contribution is 2.43. The van der Waals surface area contributed by atoms with Crippen LogP contribution in [-0.4, -0.2) is 34.4 Å². The lowest BCUT2D eigenvalue weighted by Crippen LogP contribution is -2.40. The van der Waals surface area contributed by atoms with E-state index in [0.717, 1.165) is 22.5 Å². The Labute approximate surface area is 266 Å². The van der Waals surface area contributed by atoms with Gasteiger partial charge in [0.2, 0.25) is 5.88 Å². The Morgan fingerprint density at radius 2 is 1.78 bits per heavy atom. The Kier molecular flexibility index (Phi) is 7.44. The number of pyridine rings is 1. The average Bonchev–Trinajstić information content (AvgIpc) is 3.70. The normalized spacial score (nSPS) is 14.7. The Morgan fingerprint density at radius 3 is 2.57 bits per heavy atom. The van der Waals surface area contributed by atoms with Gasteiger partial charge in [-0.15, -0.1) is 0 Å². The lowest BCUT2D eigenvalue weighted by Gasteiger charge is -2.35. The third-order valence-corrected chi connectivity index (χ3v) is 8.27. The maximum absolute atomic E-state index is 14.4. The molecule has 1 aliphatic rings. The van der Waals surface area contributed by atoms with Crippen LogP contribution >= 0.6 is 11.6 Å². The van der Waals surface area contributed by atoms with Gasteiger partial charge in [-0.1, -0.05) is 29.8 Å². The van der Waals surface area contributed by atoms with Gasteiger partial charge in [-0.3, -0.25) is 4.79 Å². The molecule has 1 aliphatic heterocycles. The van der Waals surface area contributed by atoms with Gasteiger partial charge in [0.1, 0.15) is 34.6 Å². The second kappa shape index (κ2) is 11.6. The summed E-state index contributed by atoms with van der Waals surface area (Å²) in [6.45, 7) is 0.283. The molecule has 11 heteroatoms. The number of methoxy groups -OCH3 is 1. The quantitative estimate of drug-likeness (QED) is 0.196. The number of nitrogens with zero attached hydrogens (tertiary/aromatic N) is 2. The molecule has 4 heterocycles. The van der Waals surface area contributed by atoms with E-state index in [-0.39, 0.29) is 29.3 Å². The molecule has 7 nitrogen and oxygen atoms in total. The van der Waals surface area contributed by atoms with Crippen molar-refractivity contribution in [2.24, 2.45) is 0 Å². The number of hydrogen-bond acceptors (Lipinski definition) is 5. The summed E-state index contributed by atoms with van der Waals surface area (Å²) in [5.41, 5.74) is 1.77. The van der Waals surface area contributed by atoms with Crippen LogP contribution in [0.15, 0.2) is 102 Å². The van der Waals surface area contributed by atoms with Gasteiger partial charge in [0.15, 0.2) is 0 Å². The minimum absolute atomic E-state index is 0.0355. The van der Waals surface area contributed by atoms with E-state index in [1.807, 2.05) is 18.2 Å². The molecular weight excluding hydrogens is 619 g/mol. The number of fused-ring (bicyclic) bond motifs is 3. The first-order valence-corrected chi connectivity index (χ1v) is 14.7. The number of carbonyl (C=O) groups excluding carboxylic acids is 1. The molecule has 0 saturated heterocycles. The molecular formula is C35H25ClF3N3O4. The van der Waals surface area contributed by atoms with E-state index in [1.165, 1.54) is 30.5 Å². The third-order valence-electron chi connectivity index (χ3n) is 8.02. The molecule has 0 radical (unpaired) electrons. The van der Waals surface area contributed by atoms with Crippen LogP contribution in [0.4, 0.5) is 13.2 Å². The Morgan fingerprint density at radius 1 is 1.00 bits per heavy atom. The van der Waals surface area contributed by atoms with Gasteiger partial charge in [0.05, 0.1) is 18.4 Å². The summed E-state index contributed by atoms with van der Waals surface area (Å²) in [5, 5.41) is 1.46. The van der Waals surface area contributed by atoms with Crippen LogP contribution in [0.1, 0.15) is 39.0 Å². The molecule has 0 saturated carbocycles. The fraction of sp³-hybridized carbons (Fsp3) is 0.143. The minimum Gasteiger partial charge on any atom is -0.497 e. The molecule has 0 spiro atoms. The van der Waals surface area contributed by atoms with Gasteiger partial charge in [-0.05, 0) is 84.8 Å². The molecule has 1 atom stereocenters. The number of furan rings is 1. The second-order valence-electron chi connectivity index (χ2n) is 10.7. The highest BCUT2D eigenvalue weighted by molar-refractivity contribution is 6.30. The average molecular weight is 644 g/mol. The number of benzene rings is 3. The predicted molar refractivity (Wildman–Crippen MR) is 166 cm³/mol. The molecule has 7 rings (SSSR count). The SMILES string of the molecule is COc1ccc2[nH]c3c(c2c1)CCN(C(=O)c1cccnc1Oc1ccc(Cl)cc1)[C@@H]3c1ccc(-c2ccccc2C(F)(F)F)o1. The molecule has 6 aromatic rings. The fourth-order valence-electron chi connectivity index (χ4n) is 5.90. The zero-order valence-electron chi connectivity index (χ0n) is 24.3. The van der Waals surface area contributed by atoms with Crippen molar-refractivity contribution >= 4 is 28.4 Å². The first kappa shape index (κ1) is 29.5. The van der Waals surface area contributed by atoms with Crippen LogP contribution < -0.4 is 9.47 Å². The number of halogens is 4. The molecule has 232 valence electrons. The van der Waals surface area contributed by atoms with Crippen molar-refractivity contribution in [3.8, 4) is 28.7 Å². The van der Waals surface area contributed by atoms with Gasteiger partial charge in [0.25, 0.3) is 5.91 Å². The first-order chi connectivity index (χ1) is 22.2. The summed E-state index contributed by atoms with van der Waals surface area (Å²) in [6, 6.07) is 23.1. The van der Waals surface area contributed by atoms with Gasteiger partial charge < -0.3 is 23.8 Å². The number of aromatic nitrogens is 2. The van der Waals surface area contributed by atoms with Crippen LogP contribution in [0.3, 0.4) is 0 Å². The van der Waals surface area contributed by atoms with Crippen LogP contribution in [0.5, 0.6) is 17.4 Å². The number of aromatic amines is 1. The standard InChI is InChI=1S/C35H25ClF3N3O4/c1-44-22-12-13-28-26(19-22)23-16-18-42(34(43)25-6-4-17-40-33(25)45-21-10-8-20(36)9-11-21)32(31(23)41-28)30-15-14-29(46-30)24-5-2-3-7-27(24)35(37,38)39/h2-15,17,19,32,41H,16,18H2,1H3/t32-/m1/s1. The van der Waals surface area contributed by atoms with Crippen molar-refractivity contribution in [1.29, 1.82) is 0 Å². The summed E-state index contributed by atoms with van der Waals surface area (Å²) in [5.74, 6) is 1.15. The summed E-state index contributed by atoms with van der Waals surface area (Å²) in [6.07, 6.45) is -2.56. The van der Waals surface area contributed by atoms with Crippen LogP contribution in [0.25, 0.3) is 22.2 Å². The van der Waals surface area contributed by atoms with Crippen molar-refractivity contribution in [3.05, 3.63) is 130 Å². The number of carbonyl (C=O) groups is 1. The lowest BCUT2D eigenvalue weighted by atomic mass is 9.95. The zero-order chi connectivity index (χ0) is 32.0. The maximum atomic E-state index is 14.4. The van der Waals surface area contributed by atoms with Gasteiger partial charge in [0, 0.05) is 34.2 Å². The van der Waals surface area contributed by atoms with E-state index < -0.39 is 23.7 Å². The Balaban J connectivity index is 1.34. The number of nitrogens with one attached hydrogen (secondary N) is 1. The van der Waals surface area contributed by atoms with Crippen LogP contribution in [-0.2, 0) is 12.6 Å². The number of H-pyrrole nitrogens is 1. The van der Waals surface area contributed by atoms with E-state index in [4.69, 9.17) is 25.5 Å². The van der Waals surface area contributed by atoms with E-state index in [1.54, 1.807) is 54.5 Å². The molecule has 0 unspecified atom stereocenters. The largest absolute Gasteiger partial charge is 0.497 e. The molecule has 0 bridgehead atoms. The second-order valence-corrected chi connectivity index (χ2v) is 11.2. The number of ether oxygens (including phenoxy) is 2. The van der Waals surface area contributed by atoms with Crippen molar-refractivity contribution in [2.75, 3.05) is 13.7 Å². The summed E-state index contributed by atoms with van der Waals surface area (Å²) >= 11 is 6.02. The van der Waals surface area contributed by atoms with E-state index in [9.17, 15) is 18.0 Å². The lowest BCUT2D eigenvalue weighted by molar-refractivity contribution is -0.137. The number of hydrogen-bond donors (Lipinski definition) is 1. The molecule has 0 fully saturated rings. The molecule has 1 amide bonds. The van der Waals surface area contributed by atoms with Gasteiger partial charge in [-0.2, -0.15) is 13.2 Å². The maximum Gasteiger partial charge on any atom is 0.417 e. The van der Waals surface area contributed by atoms with Gasteiger partial charge in [-0.25, -0.2) is 4.98 Å². The van der Waals surface area contributed by atoms with Crippen molar-refractivity contribution in [2.45, 2.75) is 18.6 Å². The molecule has 46 heavy (non-hydrogen) atoms. The highest BCUT2D eigenvalue weighted by Gasteiger charge is 2.39. The minimum atomic E-state index is -4.58. The molecule has 3 aromatic heterocycles. The highest BCUT2D eigenvalue weighted by atomic mass is 35.5. The smallest absolute Gasteiger partial charge is 0.417 e. The van der Waals surface area contributed by atoms with Crippen molar-refractivity contribution in [3.63, 3.8) is 0 Å².